The van der Waals surface area contributed by atoms with Gasteiger partial charge in [0.2, 0.25) is 11.9 Å². The van der Waals surface area contributed by atoms with Crippen LogP contribution in [0.3, 0.4) is 0 Å². The van der Waals surface area contributed by atoms with Gasteiger partial charge in [0.1, 0.15) is 5.75 Å². The molecule has 2 aromatic carbocycles. The number of benzene rings is 2. The number of rotatable bonds is 6. The summed E-state index contributed by atoms with van der Waals surface area (Å²) in [7, 11) is 0. The first-order valence-corrected chi connectivity index (χ1v) is 9.31. The number of aromatic nitrogens is 3. The van der Waals surface area contributed by atoms with Crippen molar-refractivity contribution < 1.29 is 22.7 Å². The molecule has 0 fully saturated rings. The zero-order chi connectivity index (χ0) is 22.9. The molecule has 0 radical (unpaired) electrons. The van der Waals surface area contributed by atoms with E-state index in [1.165, 1.54) is 16.6 Å². The highest BCUT2D eigenvalue weighted by Gasteiger charge is 2.29. The van der Waals surface area contributed by atoms with Crippen molar-refractivity contribution in [3.05, 3.63) is 66.4 Å². The molecule has 0 saturated heterocycles. The Morgan fingerprint density at radius 1 is 1.06 bits per heavy atom. The lowest BCUT2D eigenvalue weighted by atomic mass is 10.1. The average Bonchev–Trinajstić information content (AvgIpc) is 3.14. The number of hydrogen-bond donors (Lipinski definition) is 3. The predicted molar refractivity (Wildman–Crippen MR) is 113 cm³/mol. The number of primary amides is 1. The molecular formula is C21H17F3N6O2. The lowest BCUT2D eigenvalue weighted by Crippen LogP contribution is -2.20. The maximum atomic E-state index is 12.6. The Hall–Kier alpha value is -4.28. The van der Waals surface area contributed by atoms with Crippen LogP contribution in [-0.4, -0.2) is 33.3 Å². The van der Waals surface area contributed by atoms with Crippen LogP contribution in [0.15, 0.2) is 60.8 Å². The largest absolute Gasteiger partial charge is 0.482 e. The maximum Gasteiger partial charge on any atom is 0.422 e. The number of carbonyl (C=O) groups is 1. The fraction of sp³-hybridized carbons (Fsp3) is 0.0952. The Kier molecular flexibility index (Phi) is 5.31. The van der Waals surface area contributed by atoms with Crippen LogP contribution in [0.1, 0.15) is 10.4 Å². The topological polar surface area (TPSA) is 121 Å². The SMILES string of the molecule is NC(=O)c1ccc(Nc2nc3ccc(-c4ccc(N)cc4)cn3n2)c(OCC(F)(F)F)c1. The van der Waals surface area contributed by atoms with Crippen LogP contribution in [0.5, 0.6) is 5.75 Å². The number of nitrogens with one attached hydrogen (secondary N) is 1. The molecule has 0 aliphatic carbocycles. The van der Waals surface area contributed by atoms with Gasteiger partial charge in [-0.2, -0.15) is 18.2 Å². The molecule has 0 bridgehead atoms. The van der Waals surface area contributed by atoms with Gasteiger partial charge in [0.05, 0.1) is 5.69 Å². The Balaban J connectivity index is 1.63. The number of nitrogens with two attached hydrogens (primary N) is 2. The summed E-state index contributed by atoms with van der Waals surface area (Å²) in [5.74, 6) is -0.877. The first-order valence-electron chi connectivity index (χ1n) is 9.31. The fourth-order valence-corrected chi connectivity index (χ4v) is 2.96. The molecule has 11 heteroatoms. The van der Waals surface area contributed by atoms with Crippen molar-refractivity contribution in [2.75, 3.05) is 17.7 Å². The molecule has 1 amide bonds. The minimum absolute atomic E-state index is 0.00354. The summed E-state index contributed by atoms with van der Waals surface area (Å²) < 4.78 is 44.3. The first-order chi connectivity index (χ1) is 15.2. The van der Waals surface area contributed by atoms with Crippen LogP contribution < -0.4 is 21.5 Å². The smallest absolute Gasteiger partial charge is 0.422 e. The van der Waals surface area contributed by atoms with Crippen molar-refractivity contribution in [3.63, 3.8) is 0 Å². The third-order valence-electron chi connectivity index (χ3n) is 4.48. The molecule has 0 spiro atoms. The number of amides is 1. The molecule has 5 N–H and O–H groups in total. The molecule has 2 aromatic heterocycles. The van der Waals surface area contributed by atoms with Gasteiger partial charge in [-0.3, -0.25) is 4.79 Å². The van der Waals surface area contributed by atoms with Gasteiger partial charge < -0.3 is 21.5 Å². The van der Waals surface area contributed by atoms with Crippen molar-refractivity contribution in [1.82, 2.24) is 14.6 Å². The molecule has 2 heterocycles. The van der Waals surface area contributed by atoms with Gasteiger partial charge in [0, 0.05) is 23.0 Å². The number of nitrogens with zero attached hydrogens (tertiary/aromatic N) is 3. The Labute approximate surface area is 179 Å². The highest BCUT2D eigenvalue weighted by molar-refractivity contribution is 5.94. The van der Waals surface area contributed by atoms with Gasteiger partial charge >= 0.3 is 6.18 Å². The van der Waals surface area contributed by atoms with Crippen LogP contribution in [0, 0.1) is 0 Å². The van der Waals surface area contributed by atoms with E-state index >= 15 is 0 Å². The minimum Gasteiger partial charge on any atom is -0.482 e. The van der Waals surface area contributed by atoms with Gasteiger partial charge in [-0.15, -0.1) is 5.10 Å². The van der Waals surface area contributed by atoms with Crippen LogP contribution in [0.4, 0.5) is 30.5 Å². The van der Waals surface area contributed by atoms with E-state index in [0.29, 0.717) is 11.3 Å². The van der Waals surface area contributed by atoms with Crippen molar-refractivity contribution in [2.45, 2.75) is 6.18 Å². The molecule has 4 aromatic rings. The van der Waals surface area contributed by atoms with Crippen molar-refractivity contribution >= 4 is 28.9 Å². The maximum absolute atomic E-state index is 12.6. The molecular weight excluding hydrogens is 425 g/mol. The predicted octanol–water partition coefficient (Wildman–Crippen LogP) is 3.76. The lowest BCUT2D eigenvalue weighted by molar-refractivity contribution is -0.153. The van der Waals surface area contributed by atoms with Crippen molar-refractivity contribution in [1.29, 1.82) is 0 Å². The van der Waals surface area contributed by atoms with Gasteiger partial charge in [-0.1, -0.05) is 12.1 Å². The molecule has 0 saturated carbocycles. The average molecular weight is 442 g/mol. The lowest BCUT2D eigenvalue weighted by Gasteiger charge is -2.14. The molecule has 164 valence electrons. The van der Waals surface area contributed by atoms with Crippen molar-refractivity contribution in [3.8, 4) is 16.9 Å². The third kappa shape index (κ3) is 4.72. The van der Waals surface area contributed by atoms with Crippen LogP contribution in [0.25, 0.3) is 16.8 Å². The van der Waals surface area contributed by atoms with E-state index in [-0.39, 0.29) is 22.9 Å². The molecule has 8 nitrogen and oxygen atoms in total. The number of hydrogen-bond acceptors (Lipinski definition) is 6. The number of fused-ring (bicyclic) bond motifs is 1. The second-order valence-corrected chi connectivity index (χ2v) is 6.88. The Bertz CT molecular complexity index is 1290. The van der Waals surface area contributed by atoms with E-state index in [2.05, 4.69) is 15.4 Å². The summed E-state index contributed by atoms with van der Waals surface area (Å²) in [4.78, 5) is 15.7. The second-order valence-electron chi connectivity index (χ2n) is 6.88. The van der Waals surface area contributed by atoms with E-state index in [4.69, 9.17) is 16.2 Å². The molecule has 0 unspecified atom stereocenters. The normalized spacial score (nSPS) is 11.5. The third-order valence-corrected chi connectivity index (χ3v) is 4.48. The van der Waals surface area contributed by atoms with Crippen LogP contribution in [-0.2, 0) is 0 Å². The highest BCUT2D eigenvalue weighted by atomic mass is 19.4. The van der Waals surface area contributed by atoms with Crippen LogP contribution in [0.2, 0.25) is 0 Å². The number of alkyl halides is 3. The summed E-state index contributed by atoms with van der Waals surface area (Å²) in [6, 6.07) is 14.8. The summed E-state index contributed by atoms with van der Waals surface area (Å²) >= 11 is 0. The fourth-order valence-electron chi connectivity index (χ4n) is 2.96. The number of halogens is 3. The number of anilines is 3. The number of pyridine rings is 1. The monoisotopic (exact) mass is 442 g/mol. The zero-order valence-corrected chi connectivity index (χ0v) is 16.4. The number of ether oxygens (including phenoxy) is 1. The quantitative estimate of drug-likeness (QED) is 0.391. The second kappa shape index (κ2) is 8.10. The molecule has 0 atom stereocenters. The first kappa shape index (κ1) is 21.0. The standard InChI is InChI=1S/C21H17F3N6O2/c22-21(23,24)11-32-17-9-13(19(26)31)3-7-16(17)27-20-28-18-8-4-14(10-30(18)29-20)12-1-5-15(25)6-2-12/h1-10H,11,25H2,(H2,26,31)(H,27,29). The van der Waals surface area contributed by atoms with Gasteiger partial charge in [0.15, 0.2) is 12.3 Å². The zero-order valence-electron chi connectivity index (χ0n) is 16.4. The minimum atomic E-state index is -4.56. The van der Waals surface area contributed by atoms with Crippen molar-refractivity contribution in [2.24, 2.45) is 5.73 Å². The Morgan fingerprint density at radius 2 is 1.78 bits per heavy atom. The van der Waals surface area contributed by atoms with E-state index in [0.717, 1.165) is 17.2 Å². The number of carbonyl (C=O) groups excluding carboxylic acids is 1. The summed E-state index contributed by atoms with van der Waals surface area (Å²) in [5, 5.41) is 7.15. The van der Waals surface area contributed by atoms with E-state index in [9.17, 15) is 18.0 Å². The highest BCUT2D eigenvalue weighted by Crippen LogP contribution is 2.30. The van der Waals surface area contributed by atoms with E-state index in [1.807, 2.05) is 18.2 Å². The van der Waals surface area contributed by atoms with Crippen LogP contribution >= 0.6 is 0 Å². The van der Waals surface area contributed by atoms with Gasteiger partial charge in [-0.05, 0) is 48.0 Å². The van der Waals surface area contributed by atoms with Gasteiger partial charge in [0.25, 0.3) is 0 Å². The summed E-state index contributed by atoms with van der Waals surface area (Å²) in [6.07, 6.45) is -2.80. The molecule has 32 heavy (non-hydrogen) atoms. The van der Waals surface area contributed by atoms with E-state index < -0.39 is 18.7 Å². The van der Waals surface area contributed by atoms with Gasteiger partial charge in [-0.25, -0.2) is 4.52 Å². The molecule has 0 aliphatic heterocycles. The summed E-state index contributed by atoms with van der Waals surface area (Å²) in [5.41, 5.74) is 14.0. The summed E-state index contributed by atoms with van der Waals surface area (Å²) in [6.45, 7) is -1.53. The number of nitrogen functional groups attached to an aromatic ring is 1. The Morgan fingerprint density at radius 3 is 2.47 bits per heavy atom. The molecule has 4 rings (SSSR count). The van der Waals surface area contributed by atoms with E-state index in [1.54, 1.807) is 24.4 Å². The molecule has 0 aliphatic rings.